The van der Waals surface area contributed by atoms with Crippen molar-refractivity contribution >= 4 is 16.8 Å². The quantitative estimate of drug-likeness (QED) is 0.602. The molecule has 30 heavy (non-hydrogen) atoms. The summed E-state index contributed by atoms with van der Waals surface area (Å²) in [5.74, 6) is 1.18. The van der Waals surface area contributed by atoms with Crippen LogP contribution in [0.4, 0.5) is 0 Å². The van der Waals surface area contributed by atoms with E-state index in [1.54, 1.807) is 0 Å². The fourth-order valence-corrected chi connectivity index (χ4v) is 4.68. The first-order valence-corrected chi connectivity index (χ1v) is 11.1. The molecule has 1 amide bonds. The Hall–Kier alpha value is -2.72. The van der Waals surface area contributed by atoms with E-state index in [0.717, 1.165) is 54.8 Å². The van der Waals surface area contributed by atoms with Gasteiger partial charge in [0.15, 0.2) is 0 Å². The molecule has 2 aromatic carbocycles. The molecule has 0 spiro atoms. The highest BCUT2D eigenvalue weighted by atomic mass is 16.2. The number of aromatic nitrogens is 1. The number of para-hydroxylation sites is 1. The van der Waals surface area contributed by atoms with Crippen LogP contribution in [-0.4, -0.2) is 47.4 Å². The topological polar surface area (TPSA) is 36.4 Å². The van der Waals surface area contributed by atoms with E-state index in [4.69, 9.17) is 4.98 Å². The smallest absolute Gasteiger partial charge is 0.254 e. The van der Waals surface area contributed by atoms with Crippen LogP contribution in [0.2, 0.25) is 0 Å². The summed E-state index contributed by atoms with van der Waals surface area (Å²) in [7, 11) is 1.95. The number of pyridine rings is 1. The van der Waals surface area contributed by atoms with Gasteiger partial charge in [-0.25, -0.2) is 0 Å². The van der Waals surface area contributed by atoms with Gasteiger partial charge in [-0.1, -0.05) is 48.5 Å². The Morgan fingerprint density at radius 2 is 1.83 bits per heavy atom. The van der Waals surface area contributed by atoms with Crippen LogP contribution in [0.25, 0.3) is 10.9 Å². The molecule has 2 aliphatic rings. The number of benzene rings is 2. The van der Waals surface area contributed by atoms with E-state index < -0.39 is 0 Å². The van der Waals surface area contributed by atoms with Crippen molar-refractivity contribution in [3.63, 3.8) is 0 Å². The normalized spacial score (nSPS) is 19.3. The lowest BCUT2D eigenvalue weighted by molar-refractivity contribution is 0.0775. The van der Waals surface area contributed by atoms with Crippen LogP contribution in [0.5, 0.6) is 0 Å². The second-order valence-corrected chi connectivity index (χ2v) is 8.95. The molecule has 1 aromatic heterocycles. The van der Waals surface area contributed by atoms with Crippen LogP contribution in [0, 0.1) is 5.92 Å². The van der Waals surface area contributed by atoms with Gasteiger partial charge in [-0.2, -0.15) is 0 Å². The Bertz CT molecular complexity index is 1040. The third-order valence-electron chi connectivity index (χ3n) is 6.46. The van der Waals surface area contributed by atoms with Crippen molar-refractivity contribution in [2.75, 3.05) is 26.7 Å². The minimum absolute atomic E-state index is 0.122. The van der Waals surface area contributed by atoms with Crippen LogP contribution in [0.3, 0.4) is 0 Å². The van der Waals surface area contributed by atoms with E-state index in [-0.39, 0.29) is 5.91 Å². The van der Waals surface area contributed by atoms with Crippen molar-refractivity contribution in [1.29, 1.82) is 0 Å². The van der Waals surface area contributed by atoms with Crippen molar-refractivity contribution in [3.8, 4) is 0 Å². The third kappa shape index (κ3) is 4.10. The molecular weight excluding hydrogens is 370 g/mol. The number of hydrogen-bond acceptors (Lipinski definition) is 3. The summed E-state index contributed by atoms with van der Waals surface area (Å²) in [6.45, 7) is 3.96. The van der Waals surface area contributed by atoms with Gasteiger partial charge in [0.2, 0.25) is 0 Å². The molecule has 3 aromatic rings. The first-order valence-electron chi connectivity index (χ1n) is 11.1. The highest BCUT2D eigenvalue weighted by Gasteiger charge is 2.29. The molecule has 0 radical (unpaired) electrons. The maximum atomic E-state index is 13.4. The minimum atomic E-state index is 0.122. The molecule has 1 aliphatic carbocycles. The van der Waals surface area contributed by atoms with Gasteiger partial charge >= 0.3 is 0 Å². The number of nitrogens with zero attached hydrogens (tertiary/aromatic N) is 3. The SMILES string of the molecule is CN(C[C@@H]1CCN(Cc2ccccc2)C1)C(=O)c1cc(C2CC2)nc2ccccc12. The molecule has 1 saturated heterocycles. The standard InChI is InChI=1S/C26H29N3O/c1-28(16-20-13-14-29(18-20)17-19-7-3-2-4-8-19)26(30)23-15-25(21-11-12-21)27-24-10-6-5-9-22(23)24/h2-10,15,20-21H,11-14,16-18H2,1H3/t20-/m0/s1. The van der Waals surface area contributed by atoms with Crippen molar-refractivity contribution in [1.82, 2.24) is 14.8 Å². The van der Waals surface area contributed by atoms with Gasteiger partial charge in [0.25, 0.3) is 5.91 Å². The molecular formula is C26H29N3O. The Kier molecular flexibility index (Phi) is 5.26. The van der Waals surface area contributed by atoms with E-state index in [9.17, 15) is 4.79 Å². The predicted molar refractivity (Wildman–Crippen MR) is 121 cm³/mol. The Labute approximate surface area is 178 Å². The summed E-state index contributed by atoms with van der Waals surface area (Å²) in [5, 5.41) is 0.968. The number of carbonyl (C=O) groups excluding carboxylic acids is 1. The van der Waals surface area contributed by atoms with E-state index in [0.29, 0.717) is 11.8 Å². The van der Waals surface area contributed by atoms with E-state index in [1.807, 2.05) is 36.2 Å². The van der Waals surface area contributed by atoms with Crippen molar-refractivity contribution in [2.45, 2.75) is 31.7 Å². The van der Waals surface area contributed by atoms with Gasteiger partial charge in [-0.3, -0.25) is 14.7 Å². The lowest BCUT2D eigenvalue weighted by atomic mass is 10.0. The first kappa shape index (κ1) is 19.3. The number of carbonyl (C=O) groups is 1. The maximum absolute atomic E-state index is 13.4. The van der Waals surface area contributed by atoms with E-state index in [2.05, 4.69) is 41.3 Å². The van der Waals surface area contributed by atoms with Crippen LogP contribution in [0.1, 0.15) is 46.8 Å². The molecule has 5 rings (SSSR count). The van der Waals surface area contributed by atoms with Crippen molar-refractivity contribution in [2.24, 2.45) is 5.92 Å². The third-order valence-corrected chi connectivity index (χ3v) is 6.46. The average Bonchev–Trinajstić information content (AvgIpc) is 3.54. The van der Waals surface area contributed by atoms with Crippen LogP contribution >= 0.6 is 0 Å². The molecule has 154 valence electrons. The summed E-state index contributed by atoms with van der Waals surface area (Å²) < 4.78 is 0. The fraction of sp³-hybridized carbons (Fsp3) is 0.385. The van der Waals surface area contributed by atoms with Gasteiger partial charge in [-0.05, 0) is 49.4 Å². The van der Waals surface area contributed by atoms with Crippen LogP contribution in [0.15, 0.2) is 60.7 Å². The molecule has 0 bridgehead atoms. The lowest BCUT2D eigenvalue weighted by Gasteiger charge is -2.23. The molecule has 0 N–H and O–H groups in total. The summed E-state index contributed by atoms with van der Waals surface area (Å²) in [6, 6.07) is 20.7. The van der Waals surface area contributed by atoms with Gasteiger partial charge in [0, 0.05) is 43.7 Å². The first-order chi connectivity index (χ1) is 14.7. The van der Waals surface area contributed by atoms with E-state index in [1.165, 1.54) is 18.4 Å². The Morgan fingerprint density at radius 3 is 2.63 bits per heavy atom. The average molecular weight is 400 g/mol. The van der Waals surface area contributed by atoms with Gasteiger partial charge < -0.3 is 4.90 Å². The molecule has 4 heteroatoms. The molecule has 2 heterocycles. The van der Waals surface area contributed by atoms with Gasteiger partial charge in [0.1, 0.15) is 0 Å². The minimum Gasteiger partial charge on any atom is -0.341 e. The van der Waals surface area contributed by atoms with Crippen LogP contribution < -0.4 is 0 Å². The second-order valence-electron chi connectivity index (χ2n) is 8.95. The molecule has 1 saturated carbocycles. The maximum Gasteiger partial charge on any atom is 0.254 e. The Balaban J connectivity index is 1.28. The summed E-state index contributed by atoms with van der Waals surface area (Å²) in [6.07, 6.45) is 3.52. The van der Waals surface area contributed by atoms with Gasteiger partial charge in [-0.15, -0.1) is 0 Å². The van der Waals surface area contributed by atoms with Crippen molar-refractivity contribution < 1.29 is 4.79 Å². The number of likely N-dealkylation sites (tertiary alicyclic amines) is 1. The molecule has 1 atom stereocenters. The molecule has 4 nitrogen and oxygen atoms in total. The number of hydrogen-bond donors (Lipinski definition) is 0. The zero-order chi connectivity index (χ0) is 20.5. The predicted octanol–water partition coefficient (Wildman–Crippen LogP) is 4.71. The zero-order valence-electron chi connectivity index (χ0n) is 17.6. The summed E-state index contributed by atoms with van der Waals surface area (Å²) in [4.78, 5) is 22.6. The second kappa shape index (κ2) is 8.19. The lowest BCUT2D eigenvalue weighted by Crippen LogP contribution is -2.33. The van der Waals surface area contributed by atoms with Crippen LogP contribution in [-0.2, 0) is 6.54 Å². The van der Waals surface area contributed by atoms with E-state index >= 15 is 0 Å². The highest BCUT2D eigenvalue weighted by Crippen LogP contribution is 2.40. The van der Waals surface area contributed by atoms with Gasteiger partial charge in [0.05, 0.1) is 11.1 Å². The number of rotatable bonds is 6. The molecule has 2 fully saturated rings. The zero-order valence-corrected chi connectivity index (χ0v) is 17.6. The van der Waals surface area contributed by atoms with Crippen molar-refractivity contribution in [3.05, 3.63) is 77.5 Å². The highest BCUT2D eigenvalue weighted by molar-refractivity contribution is 6.06. The summed E-state index contributed by atoms with van der Waals surface area (Å²) in [5.41, 5.74) is 4.19. The fourth-order valence-electron chi connectivity index (χ4n) is 4.68. The Morgan fingerprint density at radius 1 is 1.07 bits per heavy atom. The largest absolute Gasteiger partial charge is 0.341 e. The number of fused-ring (bicyclic) bond motifs is 1. The molecule has 0 unspecified atom stereocenters. The summed E-state index contributed by atoms with van der Waals surface area (Å²) >= 11 is 0. The monoisotopic (exact) mass is 399 g/mol. The molecule has 1 aliphatic heterocycles. The number of amides is 1.